The molecular weight excluding hydrogens is 232 g/mol. The van der Waals surface area contributed by atoms with Gasteiger partial charge < -0.3 is 20.9 Å². The van der Waals surface area contributed by atoms with Crippen molar-refractivity contribution in [2.45, 2.75) is 0 Å². The van der Waals surface area contributed by atoms with Crippen molar-refractivity contribution in [1.82, 2.24) is 10.2 Å². The summed E-state index contributed by atoms with van der Waals surface area (Å²) in [5.41, 5.74) is 12.9. The van der Waals surface area contributed by atoms with Gasteiger partial charge in [-0.15, -0.1) is 10.2 Å². The normalized spacial score (nSPS) is 10.1. The molecular formula is C12H14N4O2. The van der Waals surface area contributed by atoms with Gasteiger partial charge in [-0.3, -0.25) is 0 Å². The summed E-state index contributed by atoms with van der Waals surface area (Å²) in [6.07, 6.45) is 0. The van der Waals surface area contributed by atoms with Crippen LogP contribution in [0.3, 0.4) is 0 Å². The fraction of sp³-hybridized carbons (Fsp3) is 0.167. The third kappa shape index (κ3) is 2.13. The maximum atomic E-state index is 5.80. The third-order valence-corrected chi connectivity index (χ3v) is 2.54. The highest BCUT2D eigenvalue weighted by molar-refractivity contribution is 5.80. The van der Waals surface area contributed by atoms with Crippen LogP contribution in [0.25, 0.3) is 11.1 Å². The Hall–Kier alpha value is -2.50. The molecule has 0 aliphatic heterocycles. The fourth-order valence-corrected chi connectivity index (χ4v) is 1.65. The van der Waals surface area contributed by atoms with E-state index in [1.165, 1.54) is 0 Å². The molecule has 0 aliphatic rings. The minimum Gasteiger partial charge on any atom is -0.497 e. The number of ether oxygens (including phenoxy) is 2. The molecule has 1 heterocycles. The number of hydrogen-bond donors (Lipinski definition) is 2. The highest BCUT2D eigenvalue weighted by atomic mass is 16.5. The standard InChI is InChI=1S/C12H14N4O2/c1-17-7-3-4-8(10(5-7)18-2)9-6-11(13)15-16-12(9)14/h3-6H,1-2H3,(H2,13,15)(H2,14,16). The summed E-state index contributed by atoms with van der Waals surface area (Å²) in [5, 5.41) is 7.48. The highest BCUT2D eigenvalue weighted by Gasteiger charge is 2.12. The molecule has 2 rings (SSSR count). The van der Waals surface area contributed by atoms with Crippen molar-refractivity contribution in [2.75, 3.05) is 25.7 Å². The zero-order valence-electron chi connectivity index (χ0n) is 10.2. The Morgan fingerprint density at radius 2 is 1.72 bits per heavy atom. The largest absolute Gasteiger partial charge is 0.497 e. The molecule has 0 radical (unpaired) electrons. The van der Waals surface area contributed by atoms with Crippen molar-refractivity contribution >= 4 is 11.6 Å². The first kappa shape index (κ1) is 12.0. The van der Waals surface area contributed by atoms with Gasteiger partial charge >= 0.3 is 0 Å². The first-order chi connectivity index (χ1) is 8.65. The number of anilines is 2. The molecule has 6 nitrogen and oxygen atoms in total. The van der Waals surface area contributed by atoms with E-state index in [4.69, 9.17) is 20.9 Å². The van der Waals surface area contributed by atoms with E-state index in [1.807, 2.05) is 12.1 Å². The lowest BCUT2D eigenvalue weighted by molar-refractivity contribution is 0.395. The van der Waals surface area contributed by atoms with E-state index in [0.29, 0.717) is 28.7 Å². The molecule has 2 aromatic rings. The van der Waals surface area contributed by atoms with Crippen LogP contribution in [0.1, 0.15) is 0 Å². The van der Waals surface area contributed by atoms with Gasteiger partial charge in [0, 0.05) is 17.2 Å². The van der Waals surface area contributed by atoms with Gasteiger partial charge in [-0.1, -0.05) is 0 Å². The van der Waals surface area contributed by atoms with Crippen LogP contribution in [0, 0.1) is 0 Å². The first-order valence-corrected chi connectivity index (χ1v) is 5.26. The molecule has 18 heavy (non-hydrogen) atoms. The Morgan fingerprint density at radius 3 is 2.39 bits per heavy atom. The molecule has 0 fully saturated rings. The maximum absolute atomic E-state index is 5.80. The Labute approximate surface area is 105 Å². The van der Waals surface area contributed by atoms with E-state index in [9.17, 15) is 0 Å². The van der Waals surface area contributed by atoms with Crippen LogP contribution in [0.2, 0.25) is 0 Å². The minimum absolute atomic E-state index is 0.299. The third-order valence-electron chi connectivity index (χ3n) is 2.54. The van der Waals surface area contributed by atoms with E-state index < -0.39 is 0 Å². The van der Waals surface area contributed by atoms with Crippen molar-refractivity contribution in [1.29, 1.82) is 0 Å². The number of nitrogen functional groups attached to an aromatic ring is 2. The molecule has 0 atom stereocenters. The number of nitrogens with two attached hydrogens (primary N) is 2. The number of hydrogen-bond acceptors (Lipinski definition) is 6. The number of methoxy groups -OCH3 is 2. The SMILES string of the molecule is COc1ccc(-c2cc(N)nnc2N)c(OC)c1. The molecule has 94 valence electrons. The Morgan fingerprint density at radius 1 is 0.944 bits per heavy atom. The number of aromatic nitrogens is 2. The van der Waals surface area contributed by atoms with Crippen molar-refractivity contribution in [3.05, 3.63) is 24.3 Å². The number of benzene rings is 1. The summed E-state index contributed by atoms with van der Waals surface area (Å²) in [6, 6.07) is 7.08. The van der Waals surface area contributed by atoms with Gasteiger partial charge in [0.05, 0.1) is 14.2 Å². The van der Waals surface area contributed by atoms with Crippen LogP contribution in [0.5, 0.6) is 11.5 Å². The van der Waals surface area contributed by atoms with Crippen LogP contribution in [-0.2, 0) is 0 Å². The quantitative estimate of drug-likeness (QED) is 0.848. The van der Waals surface area contributed by atoms with E-state index in [1.54, 1.807) is 26.4 Å². The zero-order chi connectivity index (χ0) is 13.1. The maximum Gasteiger partial charge on any atom is 0.154 e. The van der Waals surface area contributed by atoms with Crippen molar-refractivity contribution < 1.29 is 9.47 Å². The summed E-state index contributed by atoms with van der Waals surface area (Å²) in [5.74, 6) is 1.93. The fourth-order valence-electron chi connectivity index (χ4n) is 1.65. The van der Waals surface area contributed by atoms with Gasteiger partial charge in [0.25, 0.3) is 0 Å². The molecule has 0 saturated heterocycles. The van der Waals surface area contributed by atoms with Gasteiger partial charge in [-0.2, -0.15) is 0 Å². The second-order valence-electron chi connectivity index (χ2n) is 3.63. The van der Waals surface area contributed by atoms with Crippen LogP contribution in [0.4, 0.5) is 11.6 Å². The smallest absolute Gasteiger partial charge is 0.154 e. The summed E-state index contributed by atoms with van der Waals surface area (Å²) in [7, 11) is 3.17. The van der Waals surface area contributed by atoms with Crippen molar-refractivity contribution in [2.24, 2.45) is 0 Å². The topological polar surface area (TPSA) is 96.3 Å². The zero-order valence-corrected chi connectivity index (χ0v) is 10.2. The van der Waals surface area contributed by atoms with Gasteiger partial charge in [-0.05, 0) is 18.2 Å². The molecule has 0 bridgehead atoms. The predicted molar refractivity (Wildman–Crippen MR) is 69.4 cm³/mol. The molecule has 6 heteroatoms. The average Bonchev–Trinajstić information content (AvgIpc) is 2.41. The van der Waals surface area contributed by atoms with Crippen LogP contribution >= 0.6 is 0 Å². The molecule has 0 aliphatic carbocycles. The minimum atomic E-state index is 0.299. The predicted octanol–water partition coefficient (Wildman–Crippen LogP) is 1.33. The van der Waals surface area contributed by atoms with Gasteiger partial charge in [-0.25, -0.2) is 0 Å². The van der Waals surface area contributed by atoms with Gasteiger partial charge in [0.15, 0.2) is 5.82 Å². The lowest BCUT2D eigenvalue weighted by Gasteiger charge is -2.11. The molecule has 1 aromatic carbocycles. The lowest BCUT2D eigenvalue weighted by atomic mass is 10.1. The number of nitrogens with zero attached hydrogens (tertiary/aromatic N) is 2. The summed E-state index contributed by atoms with van der Waals surface area (Å²) < 4.78 is 10.5. The van der Waals surface area contributed by atoms with E-state index in [2.05, 4.69) is 10.2 Å². The lowest BCUT2D eigenvalue weighted by Crippen LogP contribution is -2.01. The van der Waals surface area contributed by atoms with Crippen molar-refractivity contribution in [3.63, 3.8) is 0 Å². The molecule has 0 amide bonds. The molecule has 4 N–H and O–H groups in total. The first-order valence-electron chi connectivity index (χ1n) is 5.26. The second-order valence-corrected chi connectivity index (χ2v) is 3.63. The average molecular weight is 246 g/mol. The molecule has 0 spiro atoms. The highest BCUT2D eigenvalue weighted by Crippen LogP contribution is 2.35. The van der Waals surface area contributed by atoms with Crippen molar-refractivity contribution in [3.8, 4) is 22.6 Å². The molecule has 0 unspecified atom stereocenters. The van der Waals surface area contributed by atoms with E-state index in [-0.39, 0.29) is 0 Å². The Balaban J connectivity index is 2.59. The Kier molecular flexibility index (Phi) is 3.18. The monoisotopic (exact) mass is 246 g/mol. The number of rotatable bonds is 3. The van der Waals surface area contributed by atoms with Crippen LogP contribution in [-0.4, -0.2) is 24.4 Å². The van der Waals surface area contributed by atoms with Crippen LogP contribution < -0.4 is 20.9 Å². The van der Waals surface area contributed by atoms with E-state index in [0.717, 1.165) is 5.56 Å². The summed E-state index contributed by atoms with van der Waals surface area (Å²) in [4.78, 5) is 0. The summed E-state index contributed by atoms with van der Waals surface area (Å²) >= 11 is 0. The molecule has 0 saturated carbocycles. The molecule has 1 aromatic heterocycles. The van der Waals surface area contributed by atoms with E-state index >= 15 is 0 Å². The summed E-state index contributed by atoms with van der Waals surface area (Å²) in [6.45, 7) is 0. The Bertz CT molecular complexity index is 572. The van der Waals surface area contributed by atoms with Gasteiger partial charge in [0.2, 0.25) is 0 Å². The van der Waals surface area contributed by atoms with Gasteiger partial charge in [0.1, 0.15) is 17.3 Å². The van der Waals surface area contributed by atoms with Crippen LogP contribution in [0.15, 0.2) is 24.3 Å². The second kappa shape index (κ2) is 4.79.